The van der Waals surface area contributed by atoms with Crippen LogP contribution in [0.25, 0.3) is 0 Å². The number of amides is 1. The zero-order chi connectivity index (χ0) is 21.6. The fraction of sp³-hybridized carbons (Fsp3) is 0.158. The van der Waals surface area contributed by atoms with Crippen molar-refractivity contribution in [2.45, 2.75) is 28.5 Å². The monoisotopic (exact) mass is 435 g/mol. The summed E-state index contributed by atoms with van der Waals surface area (Å²) in [6, 6.07) is 9.20. The number of carbonyl (C=O) groups excluding carboxylic acids is 1. The molecule has 0 radical (unpaired) electrons. The van der Waals surface area contributed by atoms with E-state index in [0.717, 1.165) is 17.8 Å². The fourth-order valence-electron chi connectivity index (χ4n) is 2.39. The van der Waals surface area contributed by atoms with Gasteiger partial charge >= 0.3 is 5.97 Å². The zero-order valence-electron chi connectivity index (χ0n) is 15.8. The second-order valence-corrected chi connectivity index (χ2v) is 8.57. The molecule has 0 aliphatic heterocycles. The van der Waals surface area contributed by atoms with Crippen LogP contribution in [0.2, 0.25) is 0 Å². The lowest BCUT2D eigenvalue weighted by molar-refractivity contribution is -0.114. The first-order chi connectivity index (χ1) is 13.6. The van der Waals surface area contributed by atoms with Gasteiger partial charge in [0.2, 0.25) is 15.9 Å². The normalized spacial score (nSPS) is 11.4. The minimum absolute atomic E-state index is 0.192. The third-order valence-electron chi connectivity index (χ3n) is 3.65. The minimum Gasteiger partial charge on any atom is -0.478 e. The number of hydrogen-bond donors (Lipinski definition) is 4. The number of allylic oxidation sites excluding steroid dienone is 1. The Kier molecular flexibility index (Phi) is 7.43. The Morgan fingerprint density at radius 1 is 1.21 bits per heavy atom. The minimum atomic E-state index is -4.19. The van der Waals surface area contributed by atoms with Crippen molar-refractivity contribution in [2.75, 3.05) is 17.2 Å². The number of aromatic carboxylic acids is 1. The molecule has 0 atom stereocenters. The number of carbonyl (C=O) groups is 2. The van der Waals surface area contributed by atoms with Crippen LogP contribution in [0.3, 0.4) is 0 Å². The van der Waals surface area contributed by atoms with Crippen molar-refractivity contribution in [1.82, 2.24) is 0 Å². The van der Waals surface area contributed by atoms with E-state index >= 15 is 0 Å². The molecule has 0 saturated heterocycles. The highest BCUT2D eigenvalue weighted by atomic mass is 32.2. The number of nitrogens with two attached hydrogens (primary N) is 1. The lowest BCUT2D eigenvalue weighted by Gasteiger charge is -2.16. The second-order valence-electron chi connectivity index (χ2n) is 5.96. The molecule has 1 amide bonds. The Balaban J connectivity index is 2.54. The molecule has 2 rings (SSSR count). The molecule has 0 heterocycles. The standard InChI is InChI=1S/C19H21N3O5S2/c1-3-4-9-21-16-10-13(19(24)25)11-17(29(20,26)27)18(16)28-15-7-5-14(6-8-15)22-12(2)23/h3-8,10-11,21H,9H2,1-2H3,(H,22,23)(H,24,25)(H2,20,26,27). The van der Waals surface area contributed by atoms with Crippen molar-refractivity contribution in [1.29, 1.82) is 0 Å². The van der Waals surface area contributed by atoms with Gasteiger partial charge in [0.25, 0.3) is 0 Å². The lowest BCUT2D eigenvalue weighted by Crippen LogP contribution is -2.16. The molecule has 2 aromatic rings. The van der Waals surface area contributed by atoms with Crippen molar-refractivity contribution in [3.8, 4) is 0 Å². The van der Waals surface area contributed by atoms with E-state index < -0.39 is 16.0 Å². The molecule has 0 bridgehead atoms. The predicted molar refractivity (Wildman–Crippen MR) is 113 cm³/mol. The van der Waals surface area contributed by atoms with Crippen molar-refractivity contribution >= 4 is 45.0 Å². The maximum absolute atomic E-state index is 12.2. The third-order valence-corrected chi connectivity index (χ3v) is 5.87. The summed E-state index contributed by atoms with van der Waals surface area (Å²) in [5.41, 5.74) is 0.742. The summed E-state index contributed by atoms with van der Waals surface area (Å²) in [5.74, 6) is -1.47. The van der Waals surface area contributed by atoms with Gasteiger partial charge in [-0.05, 0) is 43.3 Å². The van der Waals surface area contributed by atoms with Crippen LogP contribution in [-0.4, -0.2) is 31.9 Å². The summed E-state index contributed by atoms with van der Waals surface area (Å²) in [5, 5.41) is 20.4. The van der Waals surface area contributed by atoms with Crippen LogP contribution >= 0.6 is 11.8 Å². The van der Waals surface area contributed by atoms with Gasteiger partial charge in [-0.3, -0.25) is 4.79 Å². The van der Waals surface area contributed by atoms with E-state index in [1.165, 1.54) is 13.0 Å². The highest BCUT2D eigenvalue weighted by Crippen LogP contribution is 2.39. The summed E-state index contributed by atoms with van der Waals surface area (Å²) in [6.07, 6.45) is 3.61. The highest BCUT2D eigenvalue weighted by molar-refractivity contribution is 8.00. The SMILES string of the molecule is CC=CCNc1cc(C(=O)O)cc(S(N)(=O)=O)c1Sc1ccc(NC(C)=O)cc1. The summed E-state index contributed by atoms with van der Waals surface area (Å²) in [4.78, 5) is 23.3. The summed E-state index contributed by atoms with van der Waals surface area (Å²) in [7, 11) is -4.19. The van der Waals surface area contributed by atoms with Gasteiger partial charge in [-0.1, -0.05) is 23.9 Å². The quantitative estimate of drug-likeness (QED) is 0.467. The Hall–Kier alpha value is -2.82. The molecule has 0 aromatic heterocycles. The van der Waals surface area contributed by atoms with E-state index in [1.54, 1.807) is 30.3 Å². The van der Waals surface area contributed by atoms with Gasteiger partial charge in [0, 0.05) is 24.1 Å². The second kappa shape index (κ2) is 9.59. The van der Waals surface area contributed by atoms with Gasteiger partial charge < -0.3 is 15.7 Å². The number of anilines is 2. The molecule has 0 aliphatic rings. The first kappa shape index (κ1) is 22.5. The number of rotatable bonds is 8. The molecular weight excluding hydrogens is 414 g/mol. The maximum Gasteiger partial charge on any atom is 0.335 e. The predicted octanol–water partition coefficient (Wildman–Crippen LogP) is 3.13. The van der Waals surface area contributed by atoms with Crippen molar-refractivity contribution < 1.29 is 23.1 Å². The van der Waals surface area contributed by atoms with Gasteiger partial charge in [-0.15, -0.1) is 0 Å². The molecule has 10 heteroatoms. The van der Waals surface area contributed by atoms with Crippen LogP contribution in [0.5, 0.6) is 0 Å². The molecule has 0 fully saturated rings. The van der Waals surface area contributed by atoms with Gasteiger partial charge in [0.15, 0.2) is 0 Å². The van der Waals surface area contributed by atoms with Crippen molar-refractivity contribution in [2.24, 2.45) is 5.14 Å². The van der Waals surface area contributed by atoms with E-state index in [1.807, 2.05) is 13.0 Å². The Morgan fingerprint density at radius 2 is 1.86 bits per heavy atom. The molecule has 2 aromatic carbocycles. The molecular formula is C19H21N3O5S2. The molecule has 5 N–H and O–H groups in total. The molecule has 154 valence electrons. The van der Waals surface area contributed by atoms with Crippen LogP contribution < -0.4 is 15.8 Å². The van der Waals surface area contributed by atoms with Gasteiger partial charge in [-0.2, -0.15) is 0 Å². The summed E-state index contributed by atoms with van der Waals surface area (Å²) >= 11 is 1.12. The van der Waals surface area contributed by atoms with Crippen LogP contribution in [0.4, 0.5) is 11.4 Å². The third kappa shape index (κ3) is 6.34. The number of nitrogens with one attached hydrogen (secondary N) is 2. The molecule has 0 unspecified atom stereocenters. The van der Waals surface area contributed by atoms with Gasteiger partial charge in [0.05, 0.1) is 21.0 Å². The molecule has 0 saturated carbocycles. The maximum atomic E-state index is 12.2. The lowest BCUT2D eigenvalue weighted by atomic mass is 10.2. The average Bonchev–Trinajstić information content (AvgIpc) is 2.63. The van der Waals surface area contributed by atoms with Gasteiger partial charge in [0.1, 0.15) is 0 Å². The molecule has 0 aliphatic carbocycles. The van der Waals surface area contributed by atoms with E-state index in [2.05, 4.69) is 10.6 Å². The van der Waals surface area contributed by atoms with Crippen LogP contribution in [0, 0.1) is 0 Å². The van der Waals surface area contributed by atoms with Crippen molar-refractivity contribution in [3.05, 3.63) is 54.1 Å². The average molecular weight is 436 g/mol. The van der Waals surface area contributed by atoms with Crippen LogP contribution in [-0.2, 0) is 14.8 Å². The van der Waals surface area contributed by atoms with Crippen LogP contribution in [0.15, 0.2) is 63.2 Å². The number of carboxylic acid groups (broad SMARTS) is 1. The number of primary sulfonamides is 1. The first-order valence-corrected chi connectivity index (χ1v) is 10.8. The Morgan fingerprint density at radius 3 is 2.38 bits per heavy atom. The van der Waals surface area contributed by atoms with E-state index in [4.69, 9.17) is 5.14 Å². The topological polar surface area (TPSA) is 139 Å². The van der Waals surface area contributed by atoms with Crippen molar-refractivity contribution in [3.63, 3.8) is 0 Å². The summed E-state index contributed by atoms with van der Waals surface area (Å²) in [6.45, 7) is 3.60. The first-order valence-electron chi connectivity index (χ1n) is 8.46. The molecule has 8 nitrogen and oxygen atoms in total. The Labute approximate surface area is 173 Å². The highest BCUT2D eigenvalue weighted by Gasteiger charge is 2.22. The number of hydrogen-bond acceptors (Lipinski definition) is 6. The smallest absolute Gasteiger partial charge is 0.335 e. The van der Waals surface area contributed by atoms with E-state index in [9.17, 15) is 23.1 Å². The fourth-order valence-corrected chi connectivity index (χ4v) is 4.43. The zero-order valence-corrected chi connectivity index (χ0v) is 17.4. The number of carboxylic acids is 1. The number of benzene rings is 2. The van der Waals surface area contributed by atoms with Crippen LogP contribution in [0.1, 0.15) is 24.2 Å². The summed E-state index contributed by atoms with van der Waals surface area (Å²) < 4.78 is 24.3. The van der Waals surface area contributed by atoms with E-state index in [-0.39, 0.29) is 21.3 Å². The number of sulfonamides is 1. The van der Waals surface area contributed by atoms with E-state index in [0.29, 0.717) is 22.8 Å². The van der Waals surface area contributed by atoms with Gasteiger partial charge in [-0.25, -0.2) is 18.4 Å². The largest absolute Gasteiger partial charge is 0.478 e. The molecule has 29 heavy (non-hydrogen) atoms. The Bertz CT molecular complexity index is 1050. The molecule has 0 spiro atoms.